The molecule has 2 fully saturated rings. The van der Waals surface area contributed by atoms with E-state index in [1.807, 2.05) is 26.8 Å². The summed E-state index contributed by atoms with van der Waals surface area (Å²) in [5, 5.41) is 5.16. The van der Waals surface area contributed by atoms with Crippen LogP contribution in [-0.2, 0) is 21.4 Å². The highest BCUT2D eigenvalue weighted by Gasteiger charge is 2.31. The Balaban J connectivity index is 1.39. The number of hydrogen-bond acceptors (Lipinski definition) is 6. The van der Waals surface area contributed by atoms with E-state index >= 15 is 0 Å². The fourth-order valence-corrected chi connectivity index (χ4v) is 4.98. The molecule has 2 aromatic rings. The van der Waals surface area contributed by atoms with Crippen LogP contribution in [0.5, 0.6) is 0 Å². The summed E-state index contributed by atoms with van der Waals surface area (Å²) in [4.78, 5) is 51.1. The number of likely N-dealkylation sites (tertiary alicyclic amines) is 1. The molecule has 4 rings (SSSR count). The predicted octanol–water partition coefficient (Wildman–Crippen LogP) is 2.02. The highest BCUT2D eigenvalue weighted by Crippen LogP contribution is 2.31. The Morgan fingerprint density at radius 2 is 1.83 bits per heavy atom. The Morgan fingerprint density at radius 1 is 1.11 bits per heavy atom. The van der Waals surface area contributed by atoms with Gasteiger partial charge in [0.15, 0.2) is 0 Å². The minimum Gasteiger partial charge on any atom is -0.444 e. The molecule has 2 saturated heterocycles. The first-order valence-corrected chi connectivity index (χ1v) is 12.3. The number of hydrogen-bond donors (Lipinski definition) is 2. The normalized spacial score (nSPS) is 20.2. The van der Waals surface area contributed by atoms with Crippen molar-refractivity contribution in [3.05, 3.63) is 34.2 Å². The van der Waals surface area contributed by atoms with Gasteiger partial charge in [0.2, 0.25) is 11.8 Å². The molecule has 35 heavy (non-hydrogen) atoms. The first-order chi connectivity index (χ1) is 16.5. The summed E-state index contributed by atoms with van der Waals surface area (Å²) < 4.78 is 8.37. The van der Waals surface area contributed by atoms with Gasteiger partial charge in [0.1, 0.15) is 11.6 Å². The van der Waals surface area contributed by atoms with Crippen molar-refractivity contribution in [3.63, 3.8) is 0 Å². The molecule has 0 spiro atoms. The second-order valence-electron chi connectivity index (χ2n) is 10.5. The van der Waals surface area contributed by atoms with Gasteiger partial charge >= 0.3 is 11.8 Å². The number of benzene rings is 1. The smallest absolute Gasteiger partial charge is 0.407 e. The standard InChI is InChI=1S/C25H35N5O5/c1-25(2,3)35-23(33)26-11-14-29-12-9-16(10-13-29)17-5-6-18-20(15-17)28(4)24(34)30(18)19-7-8-21(31)27-22(19)32/h5-6,15-16,19H,7-14H2,1-4H3,(H,26,33)(H,27,31,32). The van der Waals surface area contributed by atoms with E-state index in [-0.39, 0.29) is 18.0 Å². The predicted molar refractivity (Wildman–Crippen MR) is 131 cm³/mol. The summed E-state index contributed by atoms with van der Waals surface area (Å²) in [6.07, 6.45) is 2.13. The molecule has 1 aromatic heterocycles. The summed E-state index contributed by atoms with van der Waals surface area (Å²) in [6.45, 7) is 8.70. The van der Waals surface area contributed by atoms with Crippen LogP contribution >= 0.6 is 0 Å². The van der Waals surface area contributed by atoms with E-state index < -0.39 is 23.6 Å². The maximum atomic E-state index is 13.0. The first kappa shape index (κ1) is 25.0. The number of fused-ring (bicyclic) bond motifs is 1. The van der Waals surface area contributed by atoms with Gasteiger partial charge in [0, 0.05) is 26.6 Å². The molecule has 1 aromatic carbocycles. The maximum absolute atomic E-state index is 13.0. The molecular formula is C25H35N5O5. The van der Waals surface area contributed by atoms with E-state index in [1.165, 1.54) is 10.1 Å². The number of carbonyl (C=O) groups is 3. The Hall–Kier alpha value is -3.14. The number of alkyl carbamates (subject to hydrolysis) is 1. The number of aromatic nitrogens is 2. The lowest BCUT2D eigenvalue weighted by molar-refractivity contribution is -0.135. The van der Waals surface area contributed by atoms with Crippen LogP contribution in [0.25, 0.3) is 11.0 Å². The van der Waals surface area contributed by atoms with Crippen molar-refractivity contribution in [3.8, 4) is 0 Å². The van der Waals surface area contributed by atoms with Gasteiger partial charge in [0.25, 0.3) is 0 Å². The van der Waals surface area contributed by atoms with Gasteiger partial charge in [-0.15, -0.1) is 0 Å². The van der Waals surface area contributed by atoms with Gasteiger partial charge < -0.3 is 15.0 Å². The van der Waals surface area contributed by atoms with Crippen LogP contribution in [0.3, 0.4) is 0 Å². The number of piperidine rings is 2. The van der Waals surface area contributed by atoms with Gasteiger partial charge in [-0.25, -0.2) is 9.59 Å². The van der Waals surface area contributed by atoms with E-state index in [9.17, 15) is 19.2 Å². The number of imide groups is 1. The summed E-state index contributed by atoms with van der Waals surface area (Å²) in [5.74, 6) is -0.342. The third-order valence-corrected chi connectivity index (χ3v) is 6.79. The highest BCUT2D eigenvalue weighted by atomic mass is 16.6. The molecule has 0 aliphatic carbocycles. The SMILES string of the molecule is Cn1c(=O)n(C2CCC(=O)NC2=O)c2ccc(C3CCN(CCNC(=O)OC(C)(C)C)CC3)cc21. The number of ether oxygens (including phenoxy) is 1. The molecule has 2 aliphatic heterocycles. The van der Waals surface area contributed by atoms with E-state index in [4.69, 9.17) is 4.74 Å². The minimum atomic E-state index is -0.674. The quantitative estimate of drug-likeness (QED) is 0.627. The lowest BCUT2D eigenvalue weighted by Crippen LogP contribution is -2.44. The van der Waals surface area contributed by atoms with Crippen LogP contribution in [-0.4, -0.2) is 63.7 Å². The molecule has 0 bridgehead atoms. The number of aryl methyl sites for hydroxylation is 1. The van der Waals surface area contributed by atoms with E-state index in [2.05, 4.69) is 27.7 Å². The topological polar surface area (TPSA) is 115 Å². The molecule has 10 heteroatoms. The molecule has 1 unspecified atom stereocenters. The lowest BCUT2D eigenvalue weighted by Gasteiger charge is -2.32. The number of amides is 3. The Bertz CT molecular complexity index is 1180. The zero-order valence-electron chi connectivity index (χ0n) is 20.9. The number of nitrogens with zero attached hydrogens (tertiary/aromatic N) is 3. The lowest BCUT2D eigenvalue weighted by atomic mass is 9.89. The van der Waals surface area contributed by atoms with Crippen LogP contribution in [0.1, 0.15) is 64.0 Å². The second kappa shape index (κ2) is 9.85. The fourth-order valence-electron chi connectivity index (χ4n) is 4.98. The van der Waals surface area contributed by atoms with E-state index in [0.29, 0.717) is 24.4 Å². The van der Waals surface area contributed by atoms with Crippen molar-refractivity contribution in [1.29, 1.82) is 0 Å². The molecule has 2 aliphatic rings. The van der Waals surface area contributed by atoms with Crippen molar-refractivity contribution < 1.29 is 19.1 Å². The van der Waals surface area contributed by atoms with Crippen LogP contribution in [0.15, 0.2) is 23.0 Å². The number of imidazole rings is 1. The minimum absolute atomic E-state index is 0.225. The van der Waals surface area contributed by atoms with Crippen molar-refractivity contribution in [2.75, 3.05) is 26.2 Å². The fraction of sp³-hybridized carbons (Fsp3) is 0.600. The number of rotatable bonds is 5. The van der Waals surface area contributed by atoms with Gasteiger partial charge in [-0.3, -0.25) is 24.0 Å². The maximum Gasteiger partial charge on any atom is 0.407 e. The average molecular weight is 486 g/mol. The Labute approximate surface area is 204 Å². The first-order valence-electron chi connectivity index (χ1n) is 12.3. The zero-order valence-corrected chi connectivity index (χ0v) is 20.9. The van der Waals surface area contributed by atoms with Crippen LogP contribution < -0.4 is 16.3 Å². The molecule has 2 N–H and O–H groups in total. The average Bonchev–Trinajstić information content (AvgIpc) is 3.03. The van der Waals surface area contributed by atoms with E-state index in [0.717, 1.165) is 38.0 Å². The van der Waals surface area contributed by atoms with Crippen LogP contribution in [0.4, 0.5) is 4.79 Å². The van der Waals surface area contributed by atoms with Gasteiger partial charge in [0.05, 0.1) is 11.0 Å². The van der Waals surface area contributed by atoms with Gasteiger partial charge in [-0.1, -0.05) is 6.07 Å². The van der Waals surface area contributed by atoms with Gasteiger partial charge in [-0.2, -0.15) is 0 Å². The molecule has 3 amide bonds. The monoisotopic (exact) mass is 485 g/mol. The Morgan fingerprint density at radius 3 is 2.49 bits per heavy atom. The summed E-state index contributed by atoms with van der Waals surface area (Å²) in [5.41, 5.74) is 1.93. The summed E-state index contributed by atoms with van der Waals surface area (Å²) >= 11 is 0. The molecule has 190 valence electrons. The molecule has 1 atom stereocenters. The number of carbonyl (C=O) groups excluding carboxylic acids is 3. The van der Waals surface area contributed by atoms with Gasteiger partial charge in [-0.05, 0) is 76.7 Å². The largest absolute Gasteiger partial charge is 0.444 e. The Kier molecular flexibility index (Phi) is 7.02. The number of nitrogens with one attached hydrogen (secondary N) is 2. The van der Waals surface area contributed by atoms with Crippen molar-refractivity contribution in [2.24, 2.45) is 7.05 Å². The van der Waals surface area contributed by atoms with E-state index in [1.54, 1.807) is 11.6 Å². The zero-order chi connectivity index (χ0) is 25.3. The van der Waals surface area contributed by atoms with Crippen molar-refractivity contribution >= 4 is 28.9 Å². The summed E-state index contributed by atoms with van der Waals surface area (Å²) in [7, 11) is 1.72. The second-order valence-corrected chi connectivity index (χ2v) is 10.5. The molecule has 0 saturated carbocycles. The molecule has 0 radical (unpaired) electrons. The third-order valence-electron chi connectivity index (χ3n) is 6.79. The molecule has 10 nitrogen and oxygen atoms in total. The van der Waals surface area contributed by atoms with Crippen molar-refractivity contribution in [2.45, 2.75) is 64.0 Å². The summed E-state index contributed by atoms with van der Waals surface area (Å²) in [6, 6.07) is 5.36. The van der Waals surface area contributed by atoms with Crippen molar-refractivity contribution in [1.82, 2.24) is 24.7 Å². The van der Waals surface area contributed by atoms with Crippen LogP contribution in [0.2, 0.25) is 0 Å². The highest BCUT2D eigenvalue weighted by molar-refractivity contribution is 6.00. The molecule has 3 heterocycles. The molecular weight excluding hydrogens is 450 g/mol. The van der Waals surface area contributed by atoms with Crippen LogP contribution in [0, 0.1) is 0 Å². The third kappa shape index (κ3) is 5.58.